The number of benzene rings is 2. The first kappa shape index (κ1) is 21.2. The lowest BCUT2D eigenvalue weighted by Crippen LogP contribution is -2.29. The summed E-state index contributed by atoms with van der Waals surface area (Å²) < 4.78 is 8.05. The summed E-state index contributed by atoms with van der Waals surface area (Å²) in [5.74, 6) is -0.606. The van der Waals surface area contributed by atoms with Gasteiger partial charge in [0.15, 0.2) is 5.78 Å². The van der Waals surface area contributed by atoms with Gasteiger partial charge in [-0.05, 0) is 20.8 Å². The number of aryl methyl sites for hydroxylation is 1. The minimum atomic E-state index is -0.734. The molecule has 2 heterocycles. The molecule has 0 saturated carbocycles. The zero-order valence-electron chi connectivity index (χ0n) is 18.1. The van der Waals surface area contributed by atoms with E-state index in [-0.39, 0.29) is 23.7 Å². The fourth-order valence-electron chi connectivity index (χ4n) is 3.75. The Kier molecular flexibility index (Phi) is 5.73. The van der Waals surface area contributed by atoms with Gasteiger partial charge in [-0.15, -0.1) is 0 Å². The monoisotopic (exact) mass is 429 g/mol. The normalized spacial score (nSPS) is 12.0. The number of ketones is 1. The summed E-state index contributed by atoms with van der Waals surface area (Å²) in [6, 6.07) is 17.6. The molecule has 2 aromatic heterocycles. The molecule has 1 atom stereocenters. The maximum Gasteiger partial charge on any atom is 0.345 e. The average Bonchev–Trinajstić information content (AvgIpc) is 3.17. The van der Waals surface area contributed by atoms with Crippen molar-refractivity contribution in [3.63, 3.8) is 0 Å². The predicted molar refractivity (Wildman–Crippen MR) is 121 cm³/mol. The van der Waals surface area contributed by atoms with Gasteiger partial charge in [-0.1, -0.05) is 60.7 Å². The summed E-state index contributed by atoms with van der Waals surface area (Å²) in [5.41, 5.74) is 1.88. The Morgan fingerprint density at radius 2 is 1.66 bits per heavy atom. The number of hydrogen-bond donors (Lipinski definition) is 0. The predicted octanol–water partition coefficient (Wildman–Crippen LogP) is 4.09. The molecule has 7 nitrogen and oxygen atoms in total. The summed E-state index contributed by atoms with van der Waals surface area (Å²) in [7, 11) is 0. The van der Waals surface area contributed by atoms with Crippen LogP contribution in [0.5, 0.6) is 0 Å². The number of carbonyl (C=O) groups excluding carboxylic acids is 2. The van der Waals surface area contributed by atoms with E-state index in [4.69, 9.17) is 9.72 Å². The number of Topliss-reactive ketones (excluding diaryl/α,β-unsaturated/α-hetero) is 1. The standard InChI is InChI=1S/C25H23N3O4/c1-4-32-24(31)20-15-27(17(3)22(29)19-13-9-6-10-14-19)25-26-21(16(2)28(25)23(20)30)18-11-7-5-8-12-18/h5-15,17H,4H2,1-3H3. The molecule has 0 saturated heterocycles. The van der Waals surface area contributed by atoms with Crippen LogP contribution in [0.3, 0.4) is 0 Å². The van der Waals surface area contributed by atoms with Crippen molar-refractivity contribution in [2.75, 3.05) is 6.61 Å². The topological polar surface area (TPSA) is 82.7 Å². The van der Waals surface area contributed by atoms with E-state index >= 15 is 0 Å². The molecule has 0 aliphatic rings. The molecule has 1 unspecified atom stereocenters. The molecule has 7 heteroatoms. The number of hydrogen-bond acceptors (Lipinski definition) is 5. The van der Waals surface area contributed by atoms with Crippen LogP contribution < -0.4 is 5.56 Å². The van der Waals surface area contributed by atoms with E-state index in [1.807, 2.05) is 36.4 Å². The van der Waals surface area contributed by atoms with Crippen LogP contribution in [-0.2, 0) is 4.74 Å². The van der Waals surface area contributed by atoms with E-state index in [0.717, 1.165) is 5.56 Å². The van der Waals surface area contributed by atoms with Gasteiger partial charge in [0, 0.05) is 17.3 Å². The van der Waals surface area contributed by atoms with Crippen LogP contribution >= 0.6 is 0 Å². The molecular formula is C25H23N3O4. The molecule has 0 spiro atoms. The van der Waals surface area contributed by atoms with E-state index in [9.17, 15) is 14.4 Å². The van der Waals surface area contributed by atoms with Gasteiger partial charge in [0.05, 0.1) is 24.0 Å². The highest BCUT2D eigenvalue weighted by Gasteiger charge is 2.26. The number of nitrogens with zero attached hydrogens (tertiary/aromatic N) is 3. The first-order valence-electron chi connectivity index (χ1n) is 10.4. The van der Waals surface area contributed by atoms with Crippen LogP contribution in [0, 0.1) is 6.92 Å². The molecule has 4 aromatic rings. The van der Waals surface area contributed by atoms with Crippen LogP contribution in [0.4, 0.5) is 0 Å². The second-order valence-electron chi connectivity index (χ2n) is 7.43. The molecule has 4 rings (SSSR count). The van der Waals surface area contributed by atoms with Crippen molar-refractivity contribution in [3.8, 4) is 11.3 Å². The maximum atomic E-state index is 13.2. The van der Waals surface area contributed by atoms with Crippen LogP contribution in [0.15, 0.2) is 71.7 Å². The van der Waals surface area contributed by atoms with Gasteiger partial charge in [-0.2, -0.15) is 0 Å². The number of rotatable bonds is 6. The minimum Gasteiger partial charge on any atom is -0.462 e. The largest absolute Gasteiger partial charge is 0.462 e. The fourth-order valence-corrected chi connectivity index (χ4v) is 3.75. The Hall–Kier alpha value is -4.00. The highest BCUT2D eigenvalue weighted by molar-refractivity contribution is 5.99. The molecule has 0 bridgehead atoms. The van der Waals surface area contributed by atoms with Crippen LogP contribution in [0.2, 0.25) is 0 Å². The third-order valence-electron chi connectivity index (χ3n) is 5.42. The fraction of sp³-hybridized carbons (Fsp3) is 0.200. The second kappa shape index (κ2) is 8.63. The first-order chi connectivity index (χ1) is 15.4. The van der Waals surface area contributed by atoms with Crippen LogP contribution in [0.25, 0.3) is 17.0 Å². The summed E-state index contributed by atoms with van der Waals surface area (Å²) in [4.78, 5) is 43.7. The molecule has 0 aliphatic carbocycles. The summed E-state index contributed by atoms with van der Waals surface area (Å²) in [5, 5.41) is 0. The van der Waals surface area contributed by atoms with Crippen molar-refractivity contribution in [2.24, 2.45) is 0 Å². The van der Waals surface area contributed by atoms with Gasteiger partial charge in [-0.3, -0.25) is 9.59 Å². The number of imidazole rings is 1. The Labute approximate surface area is 184 Å². The Morgan fingerprint density at radius 1 is 1.03 bits per heavy atom. The summed E-state index contributed by atoms with van der Waals surface area (Å²) in [6.45, 7) is 5.30. The maximum absolute atomic E-state index is 13.2. The summed E-state index contributed by atoms with van der Waals surface area (Å²) in [6.07, 6.45) is 1.38. The lowest BCUT2D eigenvalue weighted by molar-refractivity contribution is 0.0522. The highest BCUT2D eigenvalue weighted by atomic mass is 16.5. The third kappa shape index (κ3) is 3.62. The highest BCUT2D eigenvalue weighted by Crippen LogP contribution is 2.25. The third-order valence-corrected chi connectivity index (χ3v) is 5.42. The number of esters is 1. The van der Waals surface area contributed by atoms with E-state index in [1.54, 1.807) is 49.6 Å². The number of fused-ring (bicyclic) bond motifs is 1. The van der Waals surface area contributed by atoms with Crippen molar-refractivity contribution in [2.45, 2.75) is 26.8 Å². The number of ether oxygens (including phenoxy) is 1. The molecule has 0 radical (unpaired) electrons. The lowest BCUT2D eigenvalue weighted by atomic mass is 10.1. The Bertz CT molecular complexity index is 1350. The Balaban J connectivity index is 1.98. The zero-order valence-corrected chi connectivity index (χ0v) is 18.1. The van der Waals surface area contributed by atoms with E-state index in [0.29, 0.717) is 17.0 Å². The average molecular weight is 429 g/mol. The van der Waals surface area contributed by atoms with E-state index in [2.05, 4.69) is 0 Å². The molecule has 2 aromatic carbocycles. The van der Waals surface area contributed by atoms with Crippen molar-refractivity contribution in [3.05, 3.63) is 94.0 Å². The van der Waals surface area contributed by atoms with Crippen molar-refractivity contribution >= 4 is 17.5 Å². The molecule has 32 heavy (non-hydrogen) atoms. The SMILES string of the molecule is CCOC(=O)c1cn(C(C)C(=O)c2ccccc2)c2nc(-c3ccccc3)c(C)n2c1=O. The zero-order chi connectivity index (χ0) is 22.8. The van der Waals surface area contributed by atoms with Crippen molar-refractivity contribution in [1.82, 2.24) is 14.0 Å². The van der Waals surface area contributed by atoms with Crippen molar-refractivity contribution < 1.29 is 14.3 Å². The molecule has 0 amide bonds. The molecular weight excluding hydrogens is 406 g/mol. The Morgan fingerprint density at radius 3 is 2.28 bits per heavy atom. The number of carbonyl (C=O) groups is 2. The molecule has 0 aliphatic heterocycles. The lowest BCUT2D eigenvalue weighted by Gasteiger charge is -2.17. The molecule has 162 valence electrons. The van der Waals surface area contributed by atoms with Crippen LogP contribution in [0.1, 0.15) is 46.3 Å². The van der Waals surface area contributed by atoms with E-state index in [1.165, 1.54) is 10.6 Å². The van der Waals surface area contributed by atoms with Gasteiger partial charge < -0.3 is 9.30 Å². The van der Waals surface area contributed by atoms with Crippen molar-refractivity contribution in [1.29, 1.82) is 0 Å². The van der Waals surface area contributed by atoms with Gasteiger partial charge in [0.2, 0.25) is 5.78 Å². The quantitative estimate of drug-likeness (QED) is 0.341. The molecule has 0 fully saturated rings. The van der Waals surface area contributed by atoms with Gasteiger partial charge >= 0.3 is 5.97 Å². The molecule has 0 N–H and O–H groups in total. The van der Waals surface area contributed by atoms with Crippen LogP contribution in [-0.4, -0.2) is 32.3 Å². The number of aromatic nitrogens is 3. The van der Waals surface area contributed by atoms with Gasteiger partial charge in [0.25, 0.3) is 5.56 Å². The first-order valence-corrected chi connectivity index (χ1v) is 10.4. The minimum absolute atomic E-state index is 0.132. The van der Waals surface area contributed by atoms with Gasteiger partial charge in [-0.25, -0.2) is 14.2 Å². The summed E-state index contributed by atoms with van der Waals surface area (Å²) >= 11 is 0. The smallest absolute Gasteiger partial charge is 0.345 e. The van der Waals surface area contributed by atoms with Gasteiger partial charge in [0.1, 0.15) is 5.56 Å². The second-order valence-corrected chi connectivity index (χ2v) is 7.43. The van der Waals surface area contributed by atoms with E-state index < -0.39 is 17.6 Å².